The van der Waals surface area contributed by atoms with E-state index in [1.54, 1.807) is 4.90 Å². The number of carbonyl (C=O) groups excluding carboxylic acids is 1. The molecule has 2 N–H and O–H groups in total. The number of hydrogen-bond donors (Lipinski definition) is 2. The number of nitrogens with zero attached hydrogens (tertiary/aromatic N) is 1. The highest BCUT2D eigenvalue weighted by Gasteiger charge is 2.33. The molecule has 0 spiro atoms. The molecule has 0 aromatic heterocycles. The second-order valence-corrected chi connectivity index (χ2v) is 8.21. The maximum Gasteiger partial charge on any atom is 0.320 e. The van der Waals surface area contributed by atoms with E-state index in [2.05, 4.69) is 5.32 Å². The summed E-state index contributed by atoms with van der Waals surface area (Å²) in [4.78, 5) is 27.4. The Bertz CT molecular complexity index is 1050. The molecule has 0 bridgehead atoms. The topological polar surface area (TPSA) is 69.6 Å². The highest BCUT2D eigenvalue weighted by Crippen LogP contribution is 2.29. The lowest BCUT2D eigenvalue weighted by Gasteiger charge is -2.28. The Kier molecular flexibility index (Phi) is 6.97. The van der Waals surface area contributed by atoms with E-state index in [9.17, 15) is 14.7 Å². The first-order valence-corrected chi connectivity index (χ1v) is 11.1. The third-order valence-electron chi connectivity index (χ3n) is 6.00. The van der Waals surface area contributed by atoms with E-state index in [0.717, 1.165) is 28.8 Å². The third kappa shape index (κ3) is 5.24. The first-order chi connectivity index (χ1) is 15.6. The molecule has 3 aromatic carbocycles. The second-order valence-electron chi connectivity index (χ2n) is 8.21. The van der Waals surface area contributed by atoms with Gasteiger partial charge in [-0.15, -0.1) is 0 Å². The number of rotatable bonds is 8. The van der Waals surface area contributed by atoms with Crippen molar-refractivity contribution in [1.82, 2.24) is 5.32 Å². The summed E-state index contributed by atoms with van der Waals surface area (Å²) in [6.07, 6.45) is 2.35. The zero-order chi connectivity index (χ0) is 22.3. The summed E-state index contributed by atoms with van der Waals surface area (Å²) in [5, 5.41) is 13.0. The highest BCUT2D eigenvalue weighted by molar-refractivity contribution is 5.98. The molecule has 2 atom stereocenters. The van der Waals surface area contributed by atoms with Crippen LogP contribution in [0, 0.1) is 0 Å². The van der Waals surface area contributed by atoms with Crippen LogP contribution in [0.25, 0.3) is 0 Å². The molecule has 0 saturated carbocycles. The minimum atomic E-state index is -0.926. The Morgan fingerprint density at radius 3 is 2.25 bits per heavy atom. The van der Waals surface area contributed by atoms with Gasteiger partial charge in [-0.3, -0.25) is 14.9 Å². The van der Waals surface area contributed by atoms with E-state index in [1.165, 1.54) is 0 Å². The molecular formula is C27H28N2O3. The zero-order valence-electron chi connectivity index (χ0n) is 18.0. The van der Waals surface area contributed by atoms with Gasteiger partial charge >= 0.3 is 5.97 Å². The van der Waals surface area contributed by atoms with Crippen molar-refractivity contribution in [2.24, 2.45) is 0 Å². The number of aryl methyl sites for hydroxylation is 2. The zero-order valence-corrected chi connectivity index (χ0v) is 18.0. The molecule has 4 rings (SSSR count). The Morgan fingerprint density at radius 2 is 1.56 bits per heavy atom. The standard InChI is InChI=1S/C27H28N2O3/c30-26-23(28-24(27(31)32)17-15-20-9-3-1-4-10-20)18-16-22-13-7-8-14-25(22)29(26)19-21-11-5-2-6-12-21/h1-14,23-24,28H,15-19H2,(H,31,32). The monoisotopic (exact) mass is 428 g/mol. The largest absolute Gasteiger partial charge is 0.480 e. The van der Waals surface area contributed by atoms with Gasteiger partial charge in [-0.25, -0.2) is 0 Å². The summed E-state index contributed by atoms with van der Waals surface area (Å²) in [6, 6.07) is 26.3. The van der Waals surface area contributed by atoms with Gasteiger partial charge in [0.15, 0.2) is 0 Å². The average Bonchev–Trinajstić information content (AvgIpc) is 2.95. The first-order valence-electron chi connectivity index (χ1n) is 11.1. The number of carbonyl (C=O) groups is 2. The number of nitrogens with one attached hydrogen (secondary N) is 1. The Balaban J connectivity index is 1.54. The molecule has 1 amide bonds. The number of para-hydroxylation sites is 1. The fourth-order valence-electron chi connectivity index (χ4n) is 4.28. The summed E-state index contributed by atoms with van der Waals surface area (Å²) in [7, 11) is 0. The van der Waals surface area contributed by atoms with E-state index >= 15 is 0 Å². The fraction of sp³-hybridized carbons (Fsp3) is 0.259. The minimum Gasteiger partial charge on any atom is -0.480 e. The molecule has 0 radical (unpaired) electrons. The van der Waals surface area contributed by atoms with Gasteiger partial charge in [0.05, 0.1) is 12.6 Å². The van der Waals surface area contributed by atoms with Gasteiger partial charge in [-0.1, -0.05) is 78.9 Å². The number of carboxylic acid groups (broad SMARTS) is 1. The summed E-state index contributed by atoms with van der Waals surface area (Å²) in [6.45, 7) is 0.455. The van der Waals surface area contributed by atoms with Gasteiger partial charge in [0.1, 0.15) is 6.04 Å². The molecule has 1 aliphatic heterocycles. The molecule has 3 aromatic rings. The van der Waals surface area contributed by atoms with Crippen LogP contribution in [0.3, 0.4) is 0 Å². The van der Waals surface area contributed by atoms with E-state index in [4.69, 9.17) is 0 Å². The SMILES string of the molecule is O=C(O)C(CCc1ccccc1)NC1CCc2ccccc2N(Cc2ccccc2)C1=O. The summed E-state index contributed by atoms with van der Waals surface area (Å²) >= 11 is 0. The quantitative estimate of drug-likeness (QED) is 0.564. The van der Waals surface area contributed by atoms with Crippen molar-refractivity contribution in [3.8, 4) is 0 Å². The van der Waals surface area contributed by atoms with Crippen LogP contribution in [0.1, 0.15) is 29.5 Å². The number of amides is 1. The molecule has 164 valence electrons. The predicted molar refractivity (Wildman–Crippen MR) is 126 cm³/mol. The van der Waals surface area contributed by atoms with Gasteiger partial charge in [-0.05, 0) is 48.4 Å². The summed E-state index contributed by atoms with van der Waals surface area (Å²) < 4.78 is 0. The molecular weight excluding hydrogens is 400 g/mol. The lowest BCUT2D eigenvalue weighted by atomic mass is 10.0. The van der Waals surface area contributed by atoms with E-state index in [1.807, 2.05) is 84.9 Å². The van der Waals surface area contributed by atoms with Gasteiger partial charge in [-0.2, -0.15) is 0 Å². The number of anilines is 1. The second kappa shape index (κ2) is 10.2. The van der Waals surface area contributed by atoms with Crippen molar-refractivity contribution in [2.75, 3.05) is 4.90 Å². The molecule has 0 aliphatic carbocycles. The van der Waals surface area contributed by atoms with Crippen LogP contribution in [0.4, 0.5) is 5.69 Å². The van der Waals surface area contributed by atoms with Crippen LogP contribution < -0.4 is 10.2 Å². The molecule has 5 heteroatoms. The normalized spacial score (nSPS) is 16.8. The van der Waals surface area contributed by atoms with Crippen molar-refractivity contribution in [3.63, 3.8) is 0 Å². The smallest absolute Gasteiger partial charge is 0.320 e. The predicted octanol–water partition coefficient (Wildman–Crippen LogP) is 4.21. The van der Waals surface area contributed by atoms with Gasteiger partial charge in [0.25, 0.3) is 0 Å². The number of benzene rings is 3. The lowest BCUT2D eigenvalue weighted by Crippen LogP contribution is -2.51. The van der Waals surface area contributed by atoms with Crippen molar-refractivity contribution >= 4 is 17.6 Å². The minimum absolute atomic E-state index is 0.0789. The van der Waals surface area contributed by atoms with Crippen LogP contribution >= 0.6 is 0 Å². The maximum atomic E-state index is 13.6. The Morgan fingerprint density at radius 1 is 0.938 bits per heavy atom. The number of hydrogen-bond acceptors (Lipinski definition) is 3. The van der Waals surface area contributed by atoms with Crippen LogP contribution in [0.2, 0.25) is 0 Å². The van der Waals surface area contributed by atoms with Crippen molar-refractivity contribution in [1.29, 1.82) is 0 Å². The van der Waals surface area contributed by atoms with E-state index in [0.29, 0.717) is 25.8 Å². The molecule has 1 aliphatic rings. The Hall–Kier alpha value is -3.44. The van der Waals surface area contributed by atoms with E-state index in [-0.39, 0.29) is 5.91 Å². The first kappa shape index (κ1) is 21.8. The molecule has 2 unspecified atom stereocenters. The molecule has 0 saturated heterocycles. The van der Waals surface area contributed by atoms with Crippen molar-refractivity contribution in [2.45, 2.75) is 44.3 Å². The fourth-order valence-corrected chi connectivity index (χ4v) is 4.28. The van der Waals surface area contributed by atoms with Crippen LogP contribution in [0.5, 0.6) is 0 Å². The highest BCUT2D eigenvalue weighted by atomic mass is 16.4. The number of aliphatic carboxylic acids is 1. The van der Waals surface area contributed by atoms with Gasteiger partial charge in [0.2, 0.25) is 5.91 Å². The maximum absolute atomic E-state index is 13.6. The van der Waals surface area contributed by atoms with E-state index < -0.39 is 18.1 Å². The van der Waals surface area contributed by atoms with Crippen molar-refractivity contribution in [3.05, 3.63) is 102 Å². The molecule has 5 nitrogen and oxygen atoms in total. The Labute approximate surface area is 188 Å². The summed E-state index contributed by atoms with van der Waals surface area (Å²) in [5.41, 5.74) is 4.14. The molecule has 0 fully saturated rings. The van der Waals surface area contributed by atoms with Crippen LogP contribution in [-0.2, 0) is 29.0 Å². The number of carboxylic acids is 1. The lowest BCUT2D eigenvalue weighted by molar-refractivity contribution is -0.140. The van der Waals surface area contributed by atoms with Crippen LogP contribution in [0.15, 0.2) is 84.9 Å². The summed E-state index contributed by atoms with van der Waals surface area (Å²) in [5.74, 6) is -1.00. The van der Waals surface area contributed by atoms with Crippen LogP contribution in [-0.4, -0.2) is 29.1 Å². The van der Waals surface area contributed by atoms with Crippen molar-refractivity contribution < 1.29 is 14.7 Å². The van der Waals surface area contributed by atoms with Gasteiger partial charge in [0, 0.05) is 5.69 Å². The average molecular weight is 429 g/mol. The number of fused-ring (bicyclic) bond motifs is 1. The molecule has 32 heavy (non-hydrogen) atoms. The van der Waals surface area contributed by atoms with Gasteiger partial charge < -0.3 is 10.0 Å². The third-order valence-corrected chi connectivity index (χ3v) is 6.00. The molecule has 1 heterocycles.